The van der Waals surface area contributed by atoms with Crippen molar-refractivity contribution in [3.8, 4) is 0 Å². The van der Waals surface area contributed by atoms with Gasteiger partial charge in [0, 0.05) is 4.90 Å². The Labute approximate surface area is 93.0 Å². The first-order valence-electron chi connectivity index (χ1n) is 3.18. The predicted octanol–water partition coefficient (Wildman–Crippen LogP) is -1.05. The summed E-state index contributed by atoms with van der Waals surface area (Å²) in [6.07, 6.45) is -4.50. The van der Waals surface area contributed by atoms with Crippen molar-refractivity contribution < 1.29 is 40.8 Å². The maximum atomic E-state index is 12.0. The zero-order valence-electron chi connectivity index (χ0n) is 7.17. The van der Waals surface area contributed by atoms with E-state index in [2.05, 4.69) is 0 Å². The number of halogens is 3. The minimum Gasteiger partial charge on any atom is -0.768 e. The molecule has 0 aromatic heterocycles. The van der Waals surface area contributed by atoms with Crippen molar-refractivity contribution in [2.24, 2.45) is 0 Å². The molecule has 1 aromatic rings. The van der Waals surface area contributed by atoms with E-state index in [4.69, 9.17) is 0 Å². The quantitative estimate of drug-likeness (QED) is 0.444. The van der Waals surface area contributed by atoms with E-state index in [1.807, 2.05) is 0 Å². The summed E-state index contributed by atoms with van der Waals surface area (Å²) in [7, 11) is 0. The van der Waals surface area contributed by atoms with Gasteiger partial charge in [-0.15, -0.1) is 0 Å². The second kappa shape index (κ2) is 4.98. The maximum absolute atomic E-state index is 12.0. The Balaban J connectivity index is 0.00000169. The van der Waals surface area contributed by atoms with Gasteiger partial charge >= 0.3 is 25.0 Å². The van der Waals surface area contributed by atoms with Crippen LogP contribution in [0.2, 0.25) is 0 Å². The van der Waals surface area contributed by atoms with Crippen LogP contribution < -0.4 is 18.9 Å². The summed E-state index contributed by atoms with van der Waals surface area (Å²) in [6, 6.07) is 3.55. The molecule has 0 amide bonds. The van der Waals surface area contributed by atoms with Crippen molar-refractivity contribution in [2.75, 3.05) is 0 Å². The molecule has 7 heteroatoms. The zero-order valence-corrected chi connectivity index (χ0v) is 7.98. The fourth-order valence-electron chi connectivity index (χ4n) is 0.776. The van der Waals surface area contributed by atoms with Crippen LogP contribution in [-0.2, 0) is 17.3 Å². The van der Waals surface area contributed by atoms with Crippen molar-refractivity contribution in [3.05, 3.63) is 29.8 Å². The molecular formula is C7H4F3LiO2S. The van der Waals surface area contributed by atoms with Crippen LogP contribution in [0.25, 0.3) is 0 Å². The molecule has 1 aromatic carbocycles. The molecule has 0 N–H and O–H groups in total. The standard InChI is InChI=1S/C7H5F3O2S.Li/c8-7(9,10)5-2-1-3-6(4-5)13(11)12;/h1-4H,(H,11,12);/q;+1/p-1. The summed E-state index contributed by atoms with van der Waals surface area (Å²) in [5.41, 5.74) is -0.964. The molecule has 0 fully saturated rings. The average Bonchev–Trinajstić information content (AvgIpc) is 2.03. The van der Waals surface area contributed by atoms with Gasteiger partial charge in [-0.05, 0) is 29.3 Å². The molecule has 0 heterocycles. The molecule has 0 aliphatic rings. The largest absolute Gasteiger partial charge is 1.00 e. The smallest absolute Gasteiger partial charge is 0.768 e. The molecule has 0 saturated heterocycles. The van der Waals surface area contributed by atoms with Crippen LogP contribution in [0.15, 0.2) is 29.2 Å². The molecule has 0 aliphatic heterocycles. The zero-order chi connectivity index (χ0) is 10.1. The Morgan fingerprint density at radius 3 is 2.29 bits per heavy atom. The number of benzene rings is 1. The van der Waals surface area contributed by atoms with E-state index in [-0.39, 0.29) is 23.8 Å². The van der Waals surface area contributed by atoms with Gasteiger partial charge in [0.15, 0.2) is 0 Å². The third kappa shape index (κ3) is 3.46. The van der Waals surface area contributed by atoms with E-state index >= 15 is 0 Å². The number of hydrogen-bond acceptors (Lipinski definition) is 2. The molecular weight excluding hydrogens is 212 g/mol. The second-order valence-electron chi connectivity index (χ2n) is 2.26. The number of rotatable bonds is 1. The van der Waals surface area contributed by atoms with E-state index in [1.165, 1.54) is 0 Å². The summed E-state index contributed by atoms with van der Waals surface area (Å²) in [4.78, 5) is -0.366. The molecule has 14 heavy (non-hydrogen) atoms. The van der Waals surface area contributed by atoms with E-state index in [9.17, 15) is 21.9 Å². The third-order valence-electron chi connectivity index (χ3n) is 1.35. The Hall–Kier alpha value is -0.283. The first-order chi connectivity index (χ1) is 5.91. The van der Waals surface area contributed by atoms with Gasteiger partial charge in [-0.1, -0.05) is 6.07 Å². The molecule has 0 saturated carbocycles. The van der Waals surface area contributed by atoms with Gasteiger partial charge in [-0.2, -0.15) is 13.2 Å². The first-order valence-corrected chi connectivity index (χ1v) is 4.25. The molecule has 0 bridgehead atoms. The Morgan fingerprint density at radius 2 is 1.86 bits per heavy atom. The van der Waals surface area contributed by atoms with Crippen molar-refractivity contribution in [1.82, 2.24) is 0 Å². The van der Waals surface area contributed by atoms with E-state index < -0.39 is 22.8 Å². The topological polar surface area (TPSA) is 40.1 Å². The molecule has 1 unspecified atom stereocenters. The third-order valence-corrected chi connectivity index (χ3v) is 1.99. The molecule has 0 aliphatic carbocycles. The molecule has 1 atom stereocenters. The summed E-state index contributed by atoms with van der Waals surface area (Å²) in [6.45, 7) is 0. The van der Waals surface area contributed by atoms with Gasteiger partial charge in [-0.25, -0.2) is 0 Å². The van der Waals surface area contributed by atoms with Gasteiger partial charge < -0.3 is 4.55 Å². The Bertz CT molecular complexity index is 340. The molecule has 2 nitrogen and oxygen atoms in total. The molecule has 72 valence electrons. The normalized spacial score (nSPS) is 13.1. The van der Waals surface area contributed by atoms with Crippen LogP contribution in [-0.4, -0.2) is 8.76 Å². The SMILES string of the molecule is O=S([O-])c1cccc(C(F)(F)F)c1.[Li+]. The van der Waals surface area contributed by atoms with Crippen LogP contribution in [0.5, 0.6) is 0 Å². The van der Waals surface area contributed by atoms with Crippen LogP contribution in [0.4, 0.5) is 13.2 Å². The van der Waals surface area contributed by atoms with Gasteiger partial charge in [0.2, 0.25) is 0 Å². The molecule has 1 rings (SSSR count). The van der Waals surface area contributed by atoms with Gasteiger partial charge in [0.1, 0.15) is 0 Å². The maximum Gasteiger partial charge on any atom is 1.00 e. The van der Waals surface area contributed by atoms with Gasteiger partial charge in [0.05, 0.1) is 5.56 Å². The fourth-order valence-corrected chi connectivity index (χ4v) is 1.19. The van der Waals surface area contributed by atoms with Crippen molar-refractivity contribution in [2.45, 2.75) is 11.1 Å². The summed E-state index contributed by atoms with van der Waals surface area (Å²) in [5.74, 6) is 0. The van der Waals surface area contributed by atoms with Crippen molar-refractivity contribution >= 4 is 11.1 Å². The van der Waals surface area contributed by atoms with Gasteiger partial charge in [0.25, 0.3) is 0 Å². The predicted molar refractivity (Wildman–Crippen MR) is 38.6 cm³/mol. The van der Waals surface area contributed by atoms with Crippen LogP contribution in [0, 0.1) is 0 Å². The van der Waals surface area contributed by atoms with Crippen LogP contribution >= 0.6 is 0 Å². The van der Waals surface area contributed by atoms with Crippen molar-refractivity contribution in [1.29, 1.82) is 0 Å². The minimum absolute atomic E-state index is 0. The van der Waals surface area contributed by atoms with Crippen LogP contribution in [0.1, 0.15) is 5.56 Å². The van der Waals surface area contributed by atoms with E-state index in [0.29, 0.717) is 6.07 Å². The molecule has 0 spiro atoms. The van der Waals surface area contributed by atoms with E-state index in [0.717, 1.165) is 18.2 Å². The van der Waals surface area contributed by atoms with Gasteiger partial charge in [-0.3, -0.25) is 4.21 Å². The summed E-state index contributed by atoms with van der Waals surface area (Å²) in [5, 5.41) is 0. The monoisotopic (exact) mass is 216 g/mol. The minimum atomic E-state index is -4.50. The summed E-state index contributed by atoms with van der Waals surface area (Å²) >= 11 is -2.62. The first kappa shape index (κ1) is 13.7. The molecule has 0 radical (unpaired) electrons. The Kier molecular flexibility index (Phi) is 4.88. The number of alkyl halides is 3. The van der Waals surface area contributed by atoms with E-state index in [1.54, 1.807) is 0 Å². The average molecular weight is 216 g/mol. The second-order valence-corrected chi connectivity index (χ2v) is 3.20. The number of hydrogen-bond donors (Lipinski definition) is 0. The Morgan fingerprint density at radius 1 is 1.29 bits per heavy atom. The summed E-state index contributed by atoms with van der Waals surface area (Å²) < 4.78 is 56.7. The fraction of sp³-hybridized carbons (Fsp3) is 0.143. The van der Waals surface area contributed by atoms with Crippen LogP contribution in [0.3, 0.4) is 0 Å². The van der Waals surface area contributed by atoms with Crippen molar-refractivity contribution in [3.63, 3.8) is 0 Å².